The maximum Gasteiger partial charge on any atom is 0.417 e. The van der Waals surface area contributed by atoms with Crippen molar-refractivity contribution in [2.75, 3.05) is 6.54 Å². The summed E-state index contributed by atoms with van der Waals surface area (Å²) in [4.78, 5) is 25.2. The highest BCUT2D eigenvalue weighted by molar-refractivity contribution is 5.96. The van der Waals surface area contributed by atoms with E-state index >= 15 is 0 Å². The third kappa shape index (κ3) is 2.51. The average molecular weight is 255 g/mol. The molecule has 2 saturated heterocycles. The van der Waals surface area contributed by atoms with Crippen molar-refractivity contribution >= 4 is 12.0 Å². The van der Waals surface area contributed by atoms with Gasteiger partial charge in [0.2, 0.25) is 5.91 Å². The normalized spacial score (nSPS) is 30.5. The molecular formula is C13H21NO4. The smallest absolute Gasteiger partial charge is 0.417 e. The van der Waals surface area contributed by atoms with Gasteiger partial charge in [-0.3, -0.25) is 4.79 Å². The van der Waals surface area contributed by atoms with Gasteiger partial charge in [0.25, 0.3) is 0 Å². The maximum absolute atomic E-state index is 12.1. The summed E-state index contributed by atoms with van der Waals surface area (Å²) in [5.74, 6) is -0.368. The molecule has 0 spiro atoms. The molecule has 2 aliphatic rings. The van der Waals surface area contributed by atoms with Gasteiger partial charge < -0.3 is 9.47 Å². The molecule has 0 bridgehead atoms. The van der Waals surface area contributed by atoms with Gasteiger partial charge in [-0.25, -0.2) is 9.69 Å². The largest absolute Gasteiger partial charge is 0.443 e. The molecule has 0 aromatic carbocycles. The van der Waals surface area contributed by atoms with Crippen LogP contribution in [0.5, 0.6) is 0 Å². The van der Waals surface area contributed by atoms with E-state index in [0.717, 1.165) is 0 Å². The minimum Gasteiger partial charge on any atom is -0.443 e. The van der Waals surface area contributed by atoms with Crippen LogP contribution in [-0.2, 0) is 14.3 Å². The zero-order chi connectivity index (χ0) is 13.7. The van der Waals surface area contributed by atoms with Gasteiger partial charge in [-0.05, 0) is 41.0 Å². The van der Waals surface area contributed by atoms with Gasteiger partial charge in [0.05, 0.1) is 24.2 Å². The van der Waals surface area contributed by atoms with Gasteiger partial charge in [0, 0.05) is 0 Å². The first-order valence-electron chi connectivity index (χ1n) is 6.31. The molecule has 2 aliphatic heterocycles. The van der Waals surface area contributed by atoms with Crippen LogP contribution in [-0.4, -0.2) is 40.8 Å². The lowest BCUT2D eigenvalue weighted by Crippen LogP contribution is -2.40. The minimum absolute atomic E-state index is 0.167. The van der Waals surface area contributed by atoms with Crippen molar-refractivity contribution in [3.05, 3.63) is 0 Å². The molecule has 2 heterocycles. The minimum atomic E-state index is -0.588. The molecule has 2 fully saturated rings. The number of fused-ring (bicyclic) bond motifs is 1. The molecule has 0 aromatic rings. The van der Waals surface area contributed by atoms with E-state index in [9.17, 15) is 9.59 Å². The Morgan fingerprint density at radius 2 is 2.06 bits per heavy atom. The first-order valence-corrected chi connectivity index (χ1v) is 6.31. The number of nitrogens with zero attached hydrogens (tertiary/aromatic N) is 1. The number of likely N-dealkylation sites (tertiary alicyclic amines) is 1. The topological polar surface area (TPSA) is 55.8 Å². The fourth-order valence-corrected chi connectivity index (χ4v) is 2.56. The predicted molar refractivity (Wildman–Crippen MR) is 65.0 cm³/mol. The van der Waals surface area contributed by atoms with Crippen LogP contribution in [0.2, 0.25) is 0 Å². The molecule has 18 heavy (non-hydrogen) atoms. The lowest BCUT2D eigenvalue weighted by Gasteiger charge is -2.25. The van der Waals surface area contributed by atoms with Crippen molar-refractivity contribution in [3.8, 4) is 0 Å². The van der Waals surface area contributed by atoms with Crippen molar-refractivity contribution in [2.24, 2.45) is 5.92 Å². The number of carbonyl (C=O) groups excluding carboxylic acids is 2. The molecule has 0 aliphatic carbocycles. The summed E-state index contributed by atoms with van der Waals surface area (Å²) < 4.78 is 11.0. The third-order valence-electron chi connectivity index (χ3n) is 3.19. The van der Waals surface area contributed by atoms with Crippen LogP contribution in [0.4, 0.5) is 4.79 Å². The van der Waals surface area contributed by atoms with Crippen molar-refractivity contribution in [3.63, 3.8) is 0 Å². The van der Waals surface area contributed by atoms with Crippen molar-refractivity contribution < 1.29 is 19.1 Å². The lowest BCUT2D eigenvalue weighted by atomic mass is 9.96. The Kier molecular flexibility index (Phi) is 2.93. The molecule has 5 nitrogen and oxygen atoms in total. The second kappa shape index (κ2) is 3.95. The van der Waals surface area contributed by atoms with Gasteiger partial charge in [-0.15, -0.1) is 0 Å². The summed E-state index contributed by atoms with van der Waals surface area (Å²) in [6.07, 6.45) is -0.0844. The van der Waals surface area contributed by atoms with E-state index in [-0.39, 0.29) is 23.5 Å². The molecule has 0 saturated carbocycles. The Labute approximate surface area is 107 Å². The Morgan fingerprint density at radius 1 is 1.44 bits per heavy atom. The van der Waals surface area contributed by atoms with Gasteiger partial charge in [0.1, 0.15) is 5.60 Å². The molecule has 2 unspecified atom stereocenters. The van der Waals surface area contributed by atoms with Crippen LogP contribution in [0.1, 0.15) is 41.0 Å². The molecule has 5 heteroatoms. The quantitative estimate of drug-likeness (QED) is 0.664. The average Bonchev–Trinajstić information content (AvgIpc) is 2.58. The standard InChI is InChI=1S/C13H21NO4/c1-12(2,3)18-11(16)14-7-9-8(10(14)15)6-13(4,5)17-9/h8-9H,6-7H2,1-5H3. The highest BCUT2D eigenvalue weighted by Gasteiger charge is 2.53. The Hall–Kier alpha value is -1.10. The summed E-state index contributed by atoms with van der Waals surface area (Å²) in [6.45, 7) is 9.60. The van der Waals surface area contributed by atoms with Crippen molar-refractivity contribution in [2.45, 2.75) is 58.3 Å². The predicted octanol–water partition coefficient (Wildman–Crippen LogP) is 1.95. The van der Waals surface area contributed by atoms with Crippen LogP contribution in [0.25, 0.3) is 0 Å². The van der Waals surface area contributed by atoms with Crippen LogP contribution in [0.3, 0.4) is 0 Å². The van der Waals surface area contributed by atoms with E-state index in [1.807, 2.05) is 13.8 Å². The maximum atomic E-state index is 12.1. The second-order valence-corrected chi connectivity index (χ2v) is 6.66. The Morgan fingerprint density at radius 3 is 2.56 bits per heavy atom. The number of ether oxygens (including phenoxy) is 2. The highest BCUT2D eigenvalue weighted by atomic mass is 16.6. The first-order chi connectivity index (χ1) is 8.09. The van der Waals surface area contributed by atoms with Crippen molar-refractivity contribution in [1.29, 1.82) is 0 Å². The summed E-state index contributed by atoms with van der Waals surface area (Å²) in [7, 11) is 0. The first kappa shape index (κ1) is 13.3. The van der Waals surface area contributed by atoms with E-state index < -0.39 is 11.7 Å². The van der Waals surface area contributed by atoms with Crippen LogP contribution in [0, 0.1) is 5.92 Å². The number of carbonyl (C=O) groups is 2. The molecule has 2 amide bonds. The third-order valence-corrected chi connectivity index (χ3v) is 3.19. The summed E-state index contributed by atoms with van der Waals surface area (Å²) in [6, 6.07) is 0. The fraction of sp³-hybridized carbons (Fsp3) is 0.846. The zero-order valence-electron chi connectivity index (χ0n) is 11.6. The Balaban J connectivity index is 2.04. The lowest BCUT2D eigenvalue weighted by molar-refractivity contribution is -0.130. The van der Waals surface area contributed by atoms with Gasteiger partial charge >= 0.3 is 6.09 Å². The molecule has 0 aromatic heterocycles. The van der Waals surface area contributed by atoms with Gasteiger partial charge in [-0.2, -0.15) is 0 Å². The fourth-order valence-electron chi connectivity index (χ4n) is 2.56. The highest BCUT2D eigenvalue weighted by Crippen LogP contribution is 2.40. The molecule has 2 atom stereocenters. The van der Waals surface area contributed by atoms with E-state index in [4.69, 9.17) is 9.47 Å². The zero-order valence-corrected chi connectivity index (χ0v) is 11.6. The summed E-state index contributed by atoms with van der Waals surface area (Å²) in [5.41, 5.74) is -0.861. The molecule has 2 rings (SSSR count). The van der Waals surface area contributed by atoms with Crippen LogP contribution in [0.15, 0.2) is 0 Å². The number of hydrogen-bond acceptors (Lipinski definition) is 4. The second-order valence-electron chi connectivity index (χ2n) is 6.66. The SMILES string of the molecule is CC(C)(C)OC(=O)N1CC2OC(C)(C)CC2C1=O. The molecule has 0 radical (unpaired) electrons. The number of hydrogen-bond donors (Lipinski definition) is 0. The van der Waals surface area contributed by atoms with E-state index in [1.165, 1.54) is 4.90 Å². The van der Waals surface area contributed by atoms with Crippen LogP contribution >= 0.6 is 0 Å². The van der Waals surface area contributed by atoms with E-state index in [2.05, 4.69) is 0 Å². The molecule has 0 N–H and O–H groups in total. The van der Waals surface area contributed by atoms with Crippen LogP contribution < -0.4 is 0 Å². The Bertz CT molecular complexity index is 383. The monoisotopic (exact) mass is 255 g/mol. The van der Waals surface area contributed by atoms with Crippen molar-refractivity contribution in [1.82, 2.24) is 4.90 Å². The number of imide groups is 1. The van der Waals surface area contributed by atoms with E-state index in [0.29, 0.717) is 13.0 Å². The molecule has 102 valence electrons. The summed E-state index contributed by atoms with van der Waals surface area (Å²) in [5, 5.41) is 0. The van der Waals surface area contributed by atoms with Gasteiger partial charge in [0.15, 0.2) is 0 Å². The van der Waals surface area contributed by atoms with E-state index in [1.54, 1.807) is 20.8 Å². The number of amides is 2. The molecular weight excluding hydrogens is 234 g/mol. The van der Waals surface area contributed by atoms with Gasteiger partial charge in [-0.1, -0.05) is 0 Å². The summed E-state index contributed by atoms with van der Waals surface area (Å²) >= 11 is 0. The number of rotatable bonds is 0.